The summed E-state index contributed by atoms with van der Waals surface area (Å²) in [6, 6.07) is 53.9. The van der Waals surface area contributed by atoms with E-state index < -0.39 is 11.6 Å². The van der Waals surface area contributed by atoms with Gasteiger partial charge >= 0.3 is 0 Å². The maximum atomic E-state index is 14.4. The van der Waals surface area contributed by atoms with Crippen LogP contribution in [0.15, 0.2) is 237 Å². The van der Waals surface area contributed by atoms with Crippen molar-refractivity contribution in [3.05, 3.63) is 288 Å². The lowest BCUT2D eigenvalue weighted by atomic mass is 9.86. The average molecular weight is 1540 g/mol. The Morgan fingerprint density at radius 3 is 1.67 bits per heavy atom. The van der Waals surface area contributed by atoms with E-state index in [9.17, 15) is 32.8 Å². The van der Waals surface area contributed by atoms with Gasteiger partial charge in [0, 0.05) is 123 Å². The number of aryl methyl sites for hydroxylation is 1. The van der Waals surface area contributed by atoms with Crippen molar-refractivity contribution in [2.24, 2.45) is 7.05 Å². The second-order valence-corrected chi connectivity index (χ2v) is 26.2. The monoisotopic (exact) mass is 1540 g/mol. The topological polar surface area (TPSA) is 328 Å². The molecule has 11 aromatic rings. The zero-order chi connectivity index (χ0) is 81.7. The summed E-state index contributed by atoms with van der Waals surface area (Å²) in [4.78, 5) is 89.1. The predicted octanol–water partition coefficient (Wildman–Crippen LogP) is 16.1. The number of anilines is 12. The van der Waals surface area contributed by atoms with Gasteiger partial charge in [0.1, 0.15) is 23.9 Å². The molecule has 12 rings (SSSR count). The minimum absolute atomic E-state index is 0.00998. The lowest BCUT2D eigenvalue weighted by Crippen LogP contribution is -2.40. The number of methoxy groups -OCH3 is 1. The van der Waals surface area contributed by atoms with Crippen molar-refractivity contribution in [2.75, 3.05) is 90.9 Å². The van der Waals surface area contributed by atoms with Gasteiger partial charge in [-0.1, -0.05) is 95.1 Å². The number of benzene rings is 7. The molecular formula is C86H87F2N17O9. The Bertz CT molecular complexity index is 5300. The highest BCUT2D eigenvalue weighted by Gasteiger charge is 2.21. The normalized spacial score (nSPS) is 11.3. The molecule has 1 aliphatic heterocycles. The van der Waals surface area contributed by atoms with Gasteiger partial charge in [0.25, 0.3) is 11.5 Å². The third-order valence-electron chi connectivity index (χ3n) is 16.9. The van der Waals surface area contributed by atoms with Crippen LogP contribution < -0.4 is 57.6 Å². The summed E-state index contributed by atoms with van der Waals surface area (Å²) in [5.74, 6) is 0.549. The second kappa shape index (κ2) is 40.9. The van der Waals surface area contributed by atoms with E-state index in [2.05, 4.69) is 113 Å². The number of nitrogens with one attached hydrogen (secondary N) is 8. The molecule has 114 heavy (non-hydrogen) atoms. The molecule has 584 valence electrons. The quantitative estimate of drug-likeness (QED) is 0.0135. The van der Waals surface area contributed by atoms with Crippen molar-refractivity contribution >= 4 is 98.4 Å². The van der Waals surface area contributed by atoms with Crippen molar-refractivity contribution in [1.82, 2.24) is 44.7 Å². The number of aromatic nitrogens is 7. The number of morpholine rings is 1. The smallest absolute Gasteiger partial charge is 0.293 e. The van der Waals surface area contributed by atoms with Crippen LogP contribution in [0.1, 0.15) is 70.8 Å². The number of hydrogen-bond acceptors (Lipinski definition) is 22. The van der Waals surface area contributed by atoms with Crippen LogP contribution in [0.5, 0.6) is 17.2 Å². The van der Waals surface area contributed by atoms with E-state index in [0.717, 1.165) is 35.2 Å². The number of carbonyl (C=O) groups is 4. The van der Waals surface area contributed by atoms with Gasteiger partial charge in [-0.15, -0.1) is 0 Å². The molecule has 4 aromatic heterocycles. The Kier molecular flexibility index (Phi) is 30.1. The number of carbonyl (C=O) groups excluding carboxylic acids is 4. The SMILES string of the molecule is C=CC(=O)Nc1cccc(Nc2nc(Nc3ccc(OCCOC)cc3)ncc2F)c1.C=CC(=O)Nc1cccc(Nc2nc(Nc3ccc(Oc4ccnc(C(=C)NC)c4)cc3)ncc2F)c1.CC#N.Cc1c(CC(=O)c2ccc(C(C)(C)C)cc2)cccc1-c1cn(C)c(=O)c(Nc2ccc(C(=O)N3CCOCC3)cc2)n1. The van der Waals surface area contributed by atoms with E-state index in [4.69, 9.17) is 24.2 Å². The minimum atomic E-state index is -0.632. The van der Waals surface area contributed by atoms with Crippen molar-refractivity contribution in [3.63, 3.8) is 0 Å². The fraction of sp³-hybridized carbons (Fsp3) is 0.186. The highest BCUT2D eigenvalue weighted by molar-refractivity contribution is 6.00. The van der Waals surface area contributed by atoms with Crippen LogP contribution in [0.4, 0.5) is 77.9 Å². The van der Waals surface area contributed by atoms with Crippen LogP contribution in [-0.2, 0) is 37.9 Å². The van der Waals surface area contributed by atoms with E-state index in [1.165, 1.54) is 23.1 Å². The van der Waals surface area contributed by atoms with Crippen LogP contribution in [0.2, 0.25) is 0 Å². The molecule has 0 unspecified atom stereocenters. The summed E-state index contributed by atoms with van der Waals surface area (Å²) < 4.78 is 51.8. The zero-order valence-electron chi connectivity index (χ0n) is 64.2. The summed E-state index contributed by atoms with van der Waals surface area (Å²) >= 11 is 0. The van der Waals surface area contributed by atoms with Crippen molar-refractivity contribution in [1.29, 1.82) is 5.26 Å². The van der Waals surface area contributed by atoms with Crippen LogP contribution >= 0.6 is 0 Å². The van der Waals surface area contributed by atoms with E-state index in [-0.39, 0.29) is 70.3 Å². The summed E-state index contributed by atoms with van der Waals surface area (Å²) in [7, 11) is 5.07. The van der Waals surface area contributed by atoms with Crippen molar-refractivity contribution in [3.8, 4) is 34.6 Å². The molecule has 0 aliphatic carbocycles. The maximum absolute atomic E-state index is 14.4. The van der Waals surface area contributed by atoms with E-state index in [1.54, 1.807) is 178 Å². The number of ketones is 1. The first kappa shape index (κ1) is 83.7. The summed E-state index contributed by atoms with van der Waals surface area (Å²) in [6.07, 6.45) is 8.09. The third kappa shape index (κ3) is 24.6. The molecular weight excluding hydrogens is 1450 g/mol. The van der Waals surface area contributed by atoms with Gasteiger partial charge in [-0.25, -0.2) is 23.7 Å². The van der Waals surface area contributed by atoms with Crippen LogP contribution in [0.25, 0.3) is 17.0 Å². The summed E-state index contributed by atoms with van der Waals surface area (Å²) in [5, 5.41) is 30.6. The summed E-state index contributed by atoms with van der Waals surface area (Å²) in [5.41, 5.74) is 11.0. The van der Waals surface area contributed by atoms with E-state index in [0.29, 0.717) is 125 Å². The Balaban J connectivity index is 0.000000195. The number of nitrogens with zero attached hydrogens (tertiary/aromatic N) is 9. The fourth-order valence-electron chi connectivity index (χ4n) is 10.9. The molecule has 26 nitrogen and oxygen atoms in total. The molecule has 0 atom stereocenters. The van der Waals surface area contributed by atoms with Gasteiger partial charge in [-0.2, -0.15) is 15.2 Å². The first-order valence-corrected chi connectivity index (χ1v) is 35.8. The molecule has 1 fully saturated rings. The Hall–Kier alpha value is -14.3. The summed E-state index contributed by atoms with van der Waals surface area (Å²) in [6.45, 7) is 23.8. The van der Waals surface area contributed by atoms with Gasteiger partial charge in [0.2, 0.25) is 23.7 Å². The first-order valence-electron chi connectivity index (χ1n) is 35.8. The molecule has 5 heterocycles. The molecule has 0 saturated carbocycles. The largest absolute Gasteiger partial charge is 0.491 e. The lowest BCUT2D eigenvalue weighted by Gasteiger charge is -2.26. The highest BCUT2D eigenvalue weighted by Crippen LogP contribution is 2.31. The number of nitriles is 1. The Morgan fingerprint density at radius 2 is 1.13 bits per heavy atom. The zero-order valence-corrected chi connectivity index (χ0v) is 64.2. The van der Waals surface area contributed by atoms with Crippen molar-refractivity contribution < 1.29 is 46.9 Å². The number of rotatable bonds is 27. The average Bonchev–Trinajstić information content (AvgIpc) is 0.793. The van der Waals surface area contributed by atoms with Crippen LogP contribution in [0.3, 0.4) is 0 Å². The highest BCUT2D eigenvalue weighted by atomic mass is 19.1. The lowest BCUT2D eigenvalue weighted by molar-refractivity contribution is -0.112. The number of ether oxygens (including phenoxy) is 4. The number of amides is 3. The van der Waals surface area contributed by atoms with Gasteiger partial charge in [-0.05, 0) is 156 Å². The third-order valence-corrected chi connectivity index (χ3v) is 16.9. The molecule has 28 heteroatoms. The molecule has 1 saturated heterocycles. The van der Waals surface area contributed by atoms with Crippen molar-refractivity contribution in [2.45, 2.75) is 46.5 Å². The number of pyridine rings is 1. The van der Waals surface area contributed by atoms with Gasteiger partial charge in [0.15, 0.2) is 34.9 Å². The number of hydrogen-bond donors (Lipinski definition) is 8. The molecule has 0 radical (unpaired) electrons. The Labute approximate surface area is 659 Å². The standard InChI is InChI=1S/C35H38N4O4.C27H24FN7O2.C22H22FN5O3.C2H3N/c1-23-26(21-31(40)24-9-13-27(14-10-24)35(2,3)4)7-6-8-29(23)30-22-38(5)34(42)32(37-30)36-28-15-11-25(12-16-28)33(41)39-17-19-43-20-18-39;1-4-25(36)32-19-6-5-7-20(14-19)33-26-23(28)16-31-27(35-26)34-18-8-10-21(11-9-18)37-22-12-13-30-24(15-22)17(2)29-3;1-3-20(29)25-16-5-4-6-17(13-16)26-21-19(23)14-24-22(28-21)27-15-7-9-18(10-8-15)31-12-11-30-2;1-2-3/h6-16,22H,17-21H2,1-5H3,(H,36,37);4-16,29H,1-2H2,3H3,(H,32,36)(H2,31,33,34,35);3-10,13-14H,1,11-12H2,2H3,(H,25,29)(H2,24,26,27,28);1H3. The second-order valence-electron chi connectivity index (χ2n) is 26.2. The molecule has 0 bridgehead atoms. The van der Waals surface area contributed by atoms with E-state index in [1.807, 2.05) is 49.4 Å². The van der Waals surface area contributed by atoms with Crippen LogP contribution in [0, 0.1) is 29.9 Å². The molecule has 0 spiro atoms. The fourth-order valence-corrected chi connectivity index (χ4v) is 10.9. The van der Waals surface area contributed by atoms with Crippen LogP contribution in [-0.4, -0.2) is 117 Å². The molecule has 8 N–H and O–H groups in total. The predicted molar refractivity (Wildman–Crippen MR) is 441 cm³/mol. The van der Waals surface area contributed by atoms with Gasteiger partial charge < -0.3 is 70.9 Å². The number of halogens is 2. The Morgan fingerprint density at radius 1 is 0.623 bits per heavy atom. The molecule has 1 aliphatic rings. The first-order chi connectivity index (χ1) is 54.9. The minimum Gasteiger partial charge on any atom is -0.491 e. The molecule has 7 aromatic carbocycles. The number of Topliss-reactive ketones (excluding diaryl/α,β-unsaturated/α-hetero) is 1. The van der Waals surface area contributed by atoms with Gasteiger partial charge in [0.05, 0.1) is 55.4 Å². The molecule has 3 amide bonds. The van der Waals surface area contributed by atoms with E-state index >= 15 is 0 Å². The van der Waals surface area contributed by atoms with Gasteiger partial charge in [-0.3, -0.25) is 29.0 Å². The maximum Gasteiger partial charge on any atom is 0.293 e.